The van der Waals surface area contributed by atoms with Crippen molar-refractivity contribution in [3.8, 4) is 17.3 Å². The van der Waals surface area contributed by atoms with Crippen LogP contribution in [0.3, 0.4) is 0 Å². The molecule has 1 unspecified atom stereocenters. The molecule has 1 aromatic heterocycles. The minimum absolute atomic E-state index is 0.234. The summed E-state index contributed by atoms with van der Waals surface area (Å²) in [5.74, 6) is 1.46. The molecule has 1 atom stereocenters. The summed E-state index contributed by atoms with van der Waals surface area (Å²) in [4.78, 5) is 2.23. The maximum Gasteiger partial charge on any atom is 0.227 e. The largest absolute Gasteiger partial charge is 0.439 e. The number of hydrogen-bond donors (Lipinski definition) is 1. The van der Waals surface area contributed by atoms with Crippen molar-refractivity contribution in [3.05, 3.63) is 71.4 Å². The van der Waals surface area contributed by atoms with Gasteiger partial charge in [0.1, 0.15) is 5.75 Å². The number of rotatable bonds is 11. The molecular weight excluding hydrogens is 402 g/mol. The molecule has 0 aliphatic carbocycles. The highest BCUT2D eigenvalue weighted by atomic mass is 16.5. The third-order valence-electron chi connectivity index (χ3n) is 5.42. The Morgan fingerprint density at radius 3 is 2.34 bits per heavy atom. The third kappa shape index (κ3) is 6.19. The van der Waals surface area contributed by atoms with E-state index in [9.17, 15) is 5.11 Å². The second-order valence-corrected chi connectivity index (χ2v) is 8.37. The molecule has 6 nitrogen and oxygen atoms in total. The zero-order chi connectivity index (χ0) is 23.1. The van der Waals surface area contributed by atoms with Gasteiger partial charge >= 0.3 is 0 Å². The minimum atomic E-state index is -0.553. The van der Waals surface area contributed by atoms with Gasteiger partial charge in [-0.25, -0.2) is 4.68 Å². The summed E-state index contributed by atoms with van der Waals surface area (Å²) in [6.45, 7) is 12.3. The lowest BCUT2D eigenvalue weighted by molar-refractivity contribution is 0.0131. The van der Waals surface area contributed by atoms with Crippen molar-refractivity contribution in [3.63, 3.8) is 0 Å². The average Bonchev–Trinajstić information content (AvgIpc) is 3.09. The number of nitrogens with zero attached hydrogens (tertiary/aromatic N) is 3. The van der Waals surface area contributed by atoms with Crippen molar-refractivity contribution >= 4 is 0 Å². The zero-order valence-electron chi connectivity index (χ0n) is 19.8. The molecule has 0 amide bonds. The molecule has 3 aromatic rings. The Hall–Kier alpha value is -2.67. The zero-order valence-corrected chi connectivity index (χ0v) is 19.8. The first-order valence-electron chi connectivity index (χ1n) is 11.3. The van der Waals surface area contributed by atoms with E-state index in [2.05, 4.69) is 25.7 Å². The van der Waals surface area contributed by atoms with Gasteiger partial charge in [-0.1, -0.05) is 35.9 Å². The molecule has 0 saturated carbocycles. The molecule has 172 valence electrons. The van der Waals surface area contributed by atoms with Crippen molar-refractivity contribution in [2.24, 2.45) is 0 Å². The normalized spacial score (nSPS) is 12.5. The summed E-state index contributed by atoms with van der Waals surface area (Å²) in [6, 6.07) is 18.3. The predicted molar refractivity (Wildman–Crippen MR) is 128 cm³/mol. The molecule has 0 bridgehead atoms. The van der Waals surface area contributed by atoms with Gasteiger partial charge in [-0.15, -0.1) is 0 Å². The number of hydrogen-bond acceptors (Lipinski definition) is 5. The van der Waals surface area contributed by atoms with Gasteiger partial charge in [0.25, 0.3) is 0 Å². The highest BCUT2D eigenvalue weighted by molar-refractivity contribution is 5.43. The Morgan fingerprint density at radius 2 is 1.72 bits per heavy atom. The number of benzene rings is 2. The molecule has 1 N–H and O–H groups in total. The quantitative estimate of drug-likeness (QED) is 0.463. The molecule has 6 heteroatoms. The van der Waals surface area contributed by atoms with E-state index in [4.69, 9.17) is 14.6 Å². The maximum atomic E-state index is 10.4. The van der Waals surface area contributed by atoms with Gasteiger partial charge in [0.05, 0.1) is 29.7 Å². The number of aliphatic hydroxyl groups is 1. The van der Waals surface area contributed by atoms with Crippen LogP contribution in [0.5, 0.6) is 11.6 Å². The monoisotopic (exact) mass is 437 g/mol. The second kappa shape index (κ2) is 11.3. The third-order valence-corrected chi connectivity index (χ3v) is 5.42. The van der Waals surface area contributed by atoms with Crippen LogP contribution in [0.15, 0.2) is 54.6 Å². The Labute approximate surface area is 191 Å². The van der Waals surface area contributed by atoms with Gasteiger partial charge in [0, 0.05) is 25.7 Å². The van der Waals surface area contributed by atoms with Gasteiger partial charge in [-0.2, -0.15) is 5.10 Å². The SMILES string of the molecule is CCOCC(O)CN(Cc1c(C)nn(-c2ccccc2)c1Oc1ccc(C)cc1)C(C)C. The topological polar surface area (TPSA) is 59.8 Å². The van der Waals surface area contributed by atoms with Gasteiger partial charge in [0.15, 0.2) is 0 Å². The summed E-state index contributed by atoms with van der Waals surface area (Å²) in [5, 5.41) is 15.3. The Balaban J connectivity index is 1.96. The van der Waals surface area contributed by atoms with Crippen molar-refractivity contribution in [1.82, 2.24) is 14.7 Å². The molecule has 0 aliphatic heterocycles. The molecule has 0 fully saturated rings. The number of aromatic nitrogens is 2. The van der Waals surface area contributed by atoms with Crippen LogP contribution in [0, 0.1) is 13.8 Å². The maximum absolute atomic E-state index is 10.4. The van der Waals surface area contributed by atoms with Gasteiger partial charge in [0.2, 0.25) is 5.88 Å². The molecule has 0 radical (unpaired) electrons. The van der Waals surface area contributed by atoms with E-state index >= 15 is 0 Å². The van der Waals surface area contributed by atoms with Crippen LogP contribution < -0.4 is 4.74 Å². The lowest BCUT2D eigenvalue weighted by atomic mass is 10.2. The van der Waals surface area contributed by atoms with Crippen LogP contribution in [0.4, 0.5) is 0 Å². The summed E-state index contributed by atoms with van der Waals surface area (Å²) >= 11 is 0. The van der Waals surface area contributed by atoms with Crippen LogP contribution >= 0.6 is 0 Å². The van der Waals surface area contributed by atoms with Crippen molar-refractivity contribution in [2.45, 2.75) is 53.3 Å². The molecule has 32 heavy (non-hydrogen) atoms. The Morgan fingerprint density at radius 1 is 1.03 bits per heavy atom. The number of para-hydroxylation sites is 1. The van der Waals surface area contributed by atoms with Crippen molar-refractivity contribution < 1.29 is 14.6 Å². The van der Waals surface area contributed by atoms with E-state index in [1.165, 1.54) is 5.56 Å². The molecule has 0 saturated heterocycles. The summed E-state index contributed by atoms with van der Waals surface area (Å²) in [7, 11) is 0. The van der Waals surface area contributed by atoms with Crippen LogP contribution in [-0.2, 0) is 11.3 Å². The van der Waals surface area contributed by atoms with Gasteiger partial charge in [-0.3, -0.25) is 4.90 Å². The van der Waals surface area contributed by atoms with Gasteiger partial charge < -0.3 is 14.6 Å². The van der Waals surface area contributed by atoms with Gasteiger partial charge in [-0.05, 0) is 58.9 Å². The molecule has 3 rings (SSSR count). The summed E-state index contributed by atoms with van der Waals surface area (Å²) in [6.07, 6.45) is -0.553. The molecule has 2 aromatic carbocycles. The second-order valence-electron chi connectivity index (χ2n) is 8.37. The van der Waals surface area contributed by atoms with Crippen LogP contribution in [-0.4, -0.2) is 51.7 Å². The van der Waals surface area contributed by atoms with E-state index in [1.807, 2.05) is 73.1 Å². The average molecular weight is 438 g/mol. The van der Waals surface area contributed by atoms with Crippen LogP contribution in [0.1, 0.15) is 37.6 Å². The van der Waals surface area contributed by atoms with E-state index in [-0.39, 0.29) is 6.04 Å². The fourth-order valence-corrected chi connectivity index (χ4v) is 3.53. The lowest BCUT2D eigenvalue weighted by Crippen LogP contribution is -2.39. The number of aliphatic hydroxyl groups excluding tert-OH is 1. The summed E-state index contributed by atoms with van der Waals surface area (Å²) < 4.78 is 13.7. The molecule has 0 aliphatic rings. The highest BCUT2D eigenvalue weighted by Crippen LogP contribution is 2.32. The Bertz CT molecular complexity index is 968. The fraction of sp³-hybridized carbons (Fsp3) is 0.423. The van der Waals surface area contributed by atoms with E-state index in [1.54, 1.807) is 0 Å². The smallest absolute Gasteiger partial charge is 0.227 e. The molecule has 1 heterocycles. The van der Waals surface area contributed by atoms with E-state index < -0.39 is 6.10 Å². The molecule has 0 spiro atoms. The predicted octanol–water partition coefficient (Wildman–Crippen LogP) is 4.89. The first kappa shape index (κ1) is 24.0. The van der Waals surface area contributed by atoms with Crippen molar-refractivity contribution in [2.75, 3.05) is 19.8 Å². The fourth-order valence-electron chi connectivity index (χ4n) is 3.53. The number of ether oxygens (including phenoxy) is 2. The van der Waals surface area contributed by atoms with Crippen LogP contribution in [0.25, 0.3) is 5.69 Å². The van der Waals surface area contributed by atoms with E-state index in [0.717, 1.165) is 22.7 Å². The Kier molecular flexibility index (Phi) is 8.45. The lowest BCUT2D eigenvalue weighted by Gasteiger charge is -2.29. The standard InChI is InChI=1S/C26H35N3O3/c1-6-31-18-23(30)16-28(19(2)3)17-25-21(5)27-29(22-10-8-7-9-11-22)26(25)32-24-14-12-20(4)13-15-24/h7-15,19,23,30H,6,16-18H2,1-5H3. The first-order valence-corrected chi connectivity index (χ1v) is 11.3. The summed E-state index contributed by atoms with van der Waals surface area (Å²) in [5.41, 5.74) is 4.03. The number of aryl methyl sites for hydroxylation is 2. The van der Waals surface area contributed by atoms with Crippen molar-refractivity contribution in [1.29, 1.82) is 0 Å². The highest BCUT2D eigenvalue weighted by Gasteiger charge is 2.24. The van der Waals surface area contributed by atoms with E-state index in [0.29, 0.717) is 32.2 Å². The minimum Gasteiger partial charge on any atom is -0.439 e. The van der Waals surface area contributed by atoms with Crippen LogP contribution in [0.2, 0.25) is 0 Å². The molecular formula is C26H35N3O3. The first-order chi connectivity index (χ1) is 15.4.